The van der Waals surface area contributed by atoms with Crippen molar-refractivity contribution < 1.29 is 14.4 Å². The molecule has 1 rings (SSSR count). The van der Waals surface area contributed by atoms with E-state index in [1.807, 2.05) is 13.8 Å². The highest BCUT2D eigenvalue weighted by Gasteiger charge is 2.32. The van der Waals surface area contributed by atoms with Gasteiger partial charge in [0.25, 0.3) is 0 Å². The molecule has 0 aliphatic carbocycles. The molecule has 6 heteroatoms. The Hall–Kier alpha value is -1.59. The largest absolute Gasteiger partial charge is 0.368 e. The average Bonchev–Trinajstić information content (AvgIpc) is 2.59. The SMILES string of the molecule is CC(C)N(CC(N)=O)C(=O)C1CNC(=O)C1. The third-order valence-electron chi connectivity index (χ3n) is 2.56. The summed E-state index contributed by atoms with van der Waals surface area (Å²) in [4.78, 5) is 35.2. The summed E-state index contributed by atoms with van der Waals surface area (Å²) in [6.45, 7) is 3.87. The van der Waals surface area contributed by atoms with E-state index >= 15 is 0 Å². The molecule has 0 aromatic rings. The number of hydrogen-bond acceptors (Lipinski definition) is 3. The van der Waals surface area contributed by atoms with Crippen LogP contribution in [0, 0.1) is 5.92 Å². The lowest BCUT2D eigenvalue weighted by molar-refractivity contribution is -0.140. The standard InChI is InChI=1S/C10H17N3O3/c1-6(2)13(5-8(11)14)10(16)7-3-9(15)12-4-7/h6-7H,3-5H2,1-2H3,(H2,11,14)(H,12,15). The normalized spacial score (nSPS) is 19.7. The minimum atomic E-state index is -0.542. The van der Waals surface area contributed by atoms with Crippen molar-refractivity contribution in [2.75, 3.05) is 13.1 Å². The summed E-state index contributed by atoms with van der Waals surface area (Å²) >= 11 is 0. The van der Waals surface area contributed by atoms with Crippen molar-refractivity contribution in [1.29, 1.82) is 0 Å². The molecule has 1 saturated heterocycles. The first-order valence-corrected chi connectivity index (χ1v) is 5.27. The van der Waals surface area contributed by atoms with Crippen molar-refractivity contribution in [1.82, 2.24) is 10.2 Å². The zero-order valence-corrected chi connectivity index (χ0v) is 9.53. The van der Waals surface area contributed by atoms with E-state index in [1.165, 1.54) is 4.90 Å². The quantitative estimate of drug-likeness (QED) is 0.634. The zero-order chi connectivity index (χ0) is 12.3. The van der Waals surface area contributed by atoms with Gasteiger partial charge in [-0.25, -0.2) is 0 Å². The van der Waals surface area contributed by atoms with Crippen molar-refractivity contribution >= 4 is 17.7 Å². The second kappa shape index (κ2) is 4.96. The number of rotatable bonds is 4. The number of nitrogens with zero attached hydrogens (tertiary/aromatic N) is 1. The molecule has 0 radical (unpaired) electrons. The van der Waals surface area contributed by atoms with Crippen LogP contribution in [0.4, 0.5) is 0 Å². The first kappa shape index (κ1) is 12.5. The third-order valence-corrected chi connectivity index (χ3v) is 2.56. The van der Waals surface area contributed by atoms with Crippen LogP contribution in [0.2, 0.25) is 0 Å². The van der Waals surface area contributed by atoms with Crippen LogP contribution in [-0.2, 0) is 14.4 Å². The van der Waals surface area contributed by atoms with Gasteiger partial charge in [0.1, 0.15) is 0 Å². The molecule has 0 bridgehead atoms. The Balaban J connectivity index is 2.67. The monoisotopic (exact) mass is 227 g/mol. The summed E-state index contributed by atoms with van der Waals surface area (Å²) in [5, 5.41) is 2.60. The van der Waals surface area contributed by atoms with E-state index < -0.39 is 5.91 Å². The maximum atomic E-state index is 12.0. The van der Waals surface area contributed by atoms with E-state index in [0.29, 0.717) is 6.54 Å². The lowest BCUT2D eigenvalue weighted by atomic mass is 10.1. The Morgan fingerprint density at radius 3 is 2.56 bits per heavy atom. The third kappa shape index (κ3) is 2.95. The van der Waals surface area contributed by atoms with Gasteiger partial charge >= 0.3 is 0 Å². The summed E-state index contributed by atoms with van der Waals surface area (Å²) in [6, 6.07) is -0.101. The Labute approximate surface area is 94.2 Å². The van der Waals surface area contributed by atoms with Gasteiger partial charge in [-0.3, -0.25) is 14.4 Å². The first-order valence-electron chi connectivity index (χ1n) is 5.27. The van der Waals surface area contributed by atoms with E-state index in [4.69, 9.17) is 5.73 Å². The minimum absolute atomic E-state index is 0.0960. The van der Waals surface area contributed by atoms with Gasteiger partial charge in [-0.05, 0) is 13.8 Å². The summed E-state index contributed by atoms with van der Waals surface area (Å²) < 4.78 is 0. The summed E-state index contributed by atoms with van der Waals surface area (Å²) in [7, 11) is 0. The van der Waals surface area contributed by atoms with E-state index in [0.717, 1.165) is 0 Å². The van der Waals surface area contributed by atoms with Crippen LogP contribution in [0.1, 0.15) is 20.3 Å². The van der Waals surface area contributed by atoms with E-state index in [2.05, 4.69) is 5.32 Å². The fourth-order valence-electron chi connectivity index (χ4n) is 1.70. The lowest BCUT2D eigenvalue weighted by Gasteiger charge is -2.27. The van der Waals surface area contributed by atoms with Gasteiger partial charge in [-0.2, -0.15) is 0 Å². The molecule has 1 aliphatic heterocycles. The summed E-state index contributed by atoms with van der Waals surface area (Å²) in [5.41, 5.74) is 5.08. The molecule has 0 aromatic carbocycles. The molecule has 90 valence electrons. The Morgan fingerprint density at radius 1 is 1.56 bits per heavy atom. The van der Waals surface area contributed by atoms with Crippen LogP contribution in [0.25, 0.3) is 0 Å². The van der Waals surface area contributed by atoms with Crippen molar-refractivity contribution in [3.8, 4) is 0 Å². The van der Waals surface area contributed by atoms with E-state index in [1.54, 1.807) is 0 Å². The predicted octanol–water partition coefficient (Wildman–Crippen LogP) is -1.16. The van der Waals surface area contributed by atoms with Crippen molar-refractivity contribution in [2.45, 2.75) is 26.3 Å². The second-order valence-corrected chi connectivity index (χ2v) is 4.23. The smallest absolute Gasteiger partial charge is 0.237 e. The Morgan fingerprint density at radius 2 is 2.19 bits per heavy atom. The van der Waals surface area contributed by atoms with Gasteiger partial charge in [0.05, 0.1) is 12.5 Å². The van der Waals surface area contributed by atoms with Crippen LogP contribution in [0.3, 0.4) is 0 Å². The zero-order valence-electron chi connectivity index (χ0n) is 9.53. The maximum absolute atomic E-state index is 12.0. The van der Waals surface area contributed by atoms with Crippen molar-refractivity contribution in [3.05, 3.63) is 0 Å². The van der Waals surface area contributed by atoms with Gasteiger partial charge in [0, 0.05) is 19.0 Å². The summed E-state index contributed by atoms with van der Waals surface area (Å²) in [5.74, 6) is -1.22. The predicted molar refractivity (Wildman–Crippen MR) is 57.2 cm³/mol. The molecular weight excluding hydrogens is 210 g/mol. The molecule has 0 aromatic heterocycles. The molecule has 6 nitrogen and oxygen atoms in total. The number of amides is 3. The molecule has 1 atom stereocenters. The number of nitrogens with one attached hydrogen (secondary N) is 1. The molecule has 3 N–H and O–H groups in total. The van der Waals surface area contributed by atoms with E-state index in [9.17, 15) is 14.4 Å². The Kier molecular flexibility index (Phi) is 3.87. The minimum Gasteiger partial charge on any atom is -0.368 e. The van der Waals surface area contributed by atoms with Gasteiger partial charge in [-0.1, -0.05) is 0 Å². The van der Waals surface area contributed by atoms with Gasteiger partial charge < -0.3 is 16.0 Å². The van der Waals surface area contributed by atoms with Gasteiger partial charge in [-0.15, -0.1) is 0 Å². The highest BCUT2D eigenvalue weighted by Crippen LogP contribution is 2.14. The van der Waals surface area contributed by atoms with Crippen LogP contribution in [0.5, 0.6) is 0 Å². The van der Waals surface area contributed by atoms with Crippen LogP contribution in [-0.4, -0.2) is 41.8 Å². The maximum Gasteiger partial charge on any atom is 0.237 e. The average molecular weight is 227 g/mol. The topological polar surface area (TPSA) is 92.5 Å². The molecule has 1 unspecified atom stereocenters. The summed E-state index contributed by atoms with van der Waals surface area (Å²) in [6.07, 6.45) is 0.195. The first-order chi connectivity index (χ1) is 7.41. The number of nitrogens with two attached hydrogens (primary N) is 1. The highest BCUT2D eigenvalue weighted by molar-refractivity contribution is 5.91. The fraction of sp³-hybridized carbons (Fsp3) is 0.700. The fourth-order valence-corrected chi connectivity index (χ4v) is 1.70. The number of carbonyl (C=O) groups is 3. The molecule has 1 heterocycles. The molecule has 1 fully saturated rings. The number of primary amides is 1. The van der Waals surface area contributed by atoms with Crippen LogP contribution >= 0.6 is 0 Å². The molecule has 0 saturated carbocycles. The van der Waals surface area contributed by atoms with Crippen molar-refractivity contribution in [2.24, 2.45) is 11.7 Å². The molecule has 3 amide bonds. The molecule has 0 spiro atoms. The lowest BCUT2D eigenvalue weighted by Crippen LogP contribution is -2.46. The second-order valence-electron chi connectivity index (χ2n) is 4.23. The highest BCUT2D eigenvalue weighted by atomic mass is 16.2. The molecule has 16 heavy (non-hydrogen) atoms. The van der Waals surface area contributed by atoms with Crippen LogP contribution < -0.4 is 11.1 Å². The molecular formula is C10H17N3O3. The Bertz CT molecular complexity index is 314. The molecule has 1 aliphatic rings. The van der Waals surface area contributed by atoms with Crippen LogP contribution in [0.15, 0.2) is 0 Å². The van der Waals surface area contributed by atoms with Gasteiger partial charge in [0.2, 0.25) is 17.7 Å². The van der Waals surface area contributed by atoms with E-state index in [-0.39, 0.29) is 36.7 Å². The number of hydrogen-bond donors (Lipinski definition) is 2. The van der Waals surface area contributed by atoms with Gasteiger partial charge in [0.15, 0.2) is 0 Å². The number of carbonyl (C=O) groups excluding carboxylic acids is 3. The van der Waals surface area contributed by atoms with Crippen molar-refractivity contribution in [3.63, 3.8) is 0 Å².